The second-order valence-corrected chi connectivity index (χ2v) is 4.16. The van der Waals surface area contributed by atoms with Gasteiger partial charge >= 0.3 is 0 Å². The van der Waals surface area contributed by atoms with E-state index in [1.807, 2.05) is 25.1 Å². The molecule has 1 aromatic heterocycles. The Morgan fingerprint density at radius 3 is 2.78 bits per heavy atom. The molecule has 1 aromatic carbocycles. The van der Waals surface area contributed by atoms with E-state index in [0.29, 0.717) is 13.1 Å². The summed E-state index contributed by atoms with van der Waals surface area (Å²) in [4.78, 5) is 4.36. The Hall–Kier alpha value is -1.94. The molecule has 0 aliphatic rings. The summed E-state index contributed by atoms with van der Waals surface area (Å²) in [5.41, 5.74) is 2.72. The van der Waals surface area contributed by atoms with Crippen molar-refractivity contribution in [2.45, 2.75) is 20.0 Å². The van der Waals surface area contributed by atoms with Crippen molar-refractivity contribution in [2.75, 3.05) is 0 Å². The minimum absolute atomic E-state index is 0.320. The van der Waals surface area contributed by atoms with Crippen LogP contribution in [-0.4, -0.2) is 10.1 Å². The molecule has 0 fully saturated rings. The van der Waals surface area contributed by atoms with Crippen LogP contribution in [0.1, 0.15) is 17.0 Å². The van der Waals surface area contributed by atoms with Crippen LogP contribution in [-0.2, 0) is 13.1 Å². The Balaban J connectivity index is 1.90. The highest BCUT2D eigenvalue weighted by Crippen LogP contribution is 2.15. The van der Waals surface area contributed by atoms with Gasteiger partial charge in [0.15, 0.2) is 11.6 Å². The van der Waals surface area contributed by atoms with Crippen LogP contribution < -0.4 is 5.32 Å². The number of aromatic nitrogens is 1. The lowest BCUT2D eigenvalue weighted by molar-refractivity contribution is 0.431. The number of aryl methyl sites for hydroxylation is 1. The predicted octanol–water partition coefficient (Wildman–Crippen LogP) is 2.52. The van der Waals surface area contributed by atoms with Gasteiger partial charge in [0.25, 0.3) is 0 Å². The number of benzene rings is 1. The molecule has 2 rings (SSSR count). The van der Waals surface area contributed by atoms with Gasteiger partial charge in [-0.1, -0.05) is 12.1 Å². The van der Waals surface area contributed by atoms with Crippen molar-refractivity contribution in [3.63, 3.8) is 0 Å². The van der Waals surface area contributed by atoms with Crippen LogP contribution in [0.25, 0.3) is 0 Å². The van der Waals surface area contributed by atoms with E-state index in [9.17, 15) is 4.39 Å². The van der Waals surface area contributed by atoms with Crippen molar-refractivity contribution in [3.8, 4) is 5.75 Å². The van der Waals surface area contributed by atoms with Crippen LogP contribution in [0, 0.1) is 12.7 Å². The van der Waals surface area contributed by atoms with Gasteiger partial charge in [0.2, 0.25) is 0 Å². The van der Waals surface area contributed by atoms with Gasteiger partial charge in [-0.2, -0.15) is 0 Å². The van der Waals surface area contributed by atoms with E-state index in [0.717, 1.165) is 17.0 Å². The van der Waals surface area contributed by atoms with Crippen molar-refractivity contribution in [1.82, 2.24) is 10.3 Å². The van der Waals surface area contributed by atoms with Crippen molar-refractivity contribution in [1.29, 1.82) is 0 Å². The summed E-state index contributed by atoms with van der Waals surface area (Å²) in [6.07, 6.45) is 0. The molecule has 0 atom stereocenters. The van der Waals surface area contributed by atoms with Gasteiger partial charge in [0.1, 0.15) is 0 Å². The topological polar surface area (TPSA) is 45.1 Å². The van der Waals surface area contributed by atoms with Crippen molar-refractivity contribution in [2.24, 2.45) is 0 Å². The average molecular weight is 246 g/mol. The third-order valence-corrected chi connectivity index (χ3v) is 2.59. The summed E-state index contributed by atoms with van der Waals surface area (Å²) in [5, 5.41) is 12.3. The monoisotopic (exact) mass is 246 g/mol. The highest BCUT2D eigenvalue weighted by Gasteiger charge is 2.01. The maximum Gasteiger partial charge on any atom is 0.165 e. The molecule has 3 nitrogen and oxygen atoms in total. The molecule has 0 spiro atoms. The van der Waals surface area contributed by atoms with Crippen molar-refractivity contribution >= 4 is 0 Å². The van der Waals surface area contributed by atoms with Crippen molar-refractivity contribution < 1.29 is 9.50 Å². The van der Waals surface area contributed by atoms with E-state index < -0.39 is 5.82 Å². The Labute approximate surface area is 105 Å². The van der Waals surface area contributed by atoms with Gasteiger partial charge in [-0.15, -0.1) is 0 Å². The van der Waals surface area contributed by atoms with Gasteiger partial charge in [0, 0.05) is 18.8 Å². The molecule has 1 heterocycles. The molecule has 4 heteroatoms. The number of phenolic OH excluding ortho intramolecular Hbond substituents is 1. The lowest BCUT2D eigenvalue weighted by atomic mass is 10.2. The number of pyridine rings is 1. The van der Waals surface area contributed by atoms with Gasteiger partial charge in [-0.25, -0.2) is 4.39 Å². The molecule has 0 radical (unpaired) electrons. The summed E-state index contributed by atoms with van der Waals surface area (Å²) >= 11 is 0. The van der Waals surface area contributed by atoms with E-state index in [-0.39, 0.29) is 5.75 Å². The molecular formula is C14H15FN2O. The number of hydrogen-bond donors (Lipinski definition) is 2. The number of aromatic hydroxyl groups is 1. The highest BCUT2D eigenvalue weighted by atomic mass is 19.1. The zero-order valence-corrected chi connectivity index (χ0v) is 10.2. The Kier molecular flexibility index (Phi) is 3.89. The molecule has 2 aromatic rings. The number of halogens is 1. The molecule has 94 valence electrons. The molecular weight excluding hydrogens is 231 g/mol. The van der Waals surface area contributed by atoms with E-state index in [4.69, 9.17) is 5.11 Å². The van der Waals surface area contributed by atoms with Crippen LogP contribution in [0.4, 0.5) is 4.39 Å². The molecule has 0 aliphatic heterocycles. The first-order valence-electron chi connectivity index (χ1n) is 5.76. The first-order valence-corrected chi connectivity index (χ1v) is 5.76. The zero-order valence-electron chi connectivity index (χ0n) is 10.2. The fourth-order valence-corrected chi connectivity index (χ4v) is 1.69. The minimum Gasteiger partial charge on any atom is -0.505 e. The van der Waals surface area contributed by atoms with Crippen LogP contribution in [0.15, 0.2) is 36.4 Å². The van der Waals surface area contributed by atoms with Gasteiger partial charge in [-0.3, -0.25) is 4.98 Å². The fraction of sp³-hybridized carbons (Fsp3) is 0.214. The summed E-state index contributed by atoms with van der Waals surface area (Å²) in [7, 11) is 0. The lowest BCUT2D eigenvalue weighted by Crippen LogP contribution is -2.13. The van der Waals surface area contributed by atoms with E-state index >= 15 is 0 Å². The second kappa shape index (κ2) is 5.60. The highest BCUT2D eigenvalue weighted by molar-refractivity contribution is 5.27. The number of phenols is 1. The maximum atomic E-state index is 13.1. The molecule has 2 N–H and O–H groups in total. The average Bonchev–Trinajstić information content (AvgIpc) is 2.34. The van der Waals surface area contributed by atoms with Crippen LogP contribution in [0.3, 0.4) is 0 Å². The van der Waals surface area contributed by atoms with Gasteiger partial charge < -0.3 is 10.4 Å². The summed E-state index contributed by atoms with van der Waals surface area (Å²) in [6, 6.07) is 10.2. The second-order valence-electron chi connectivity index (χ2n) is 4.16. The minimum atomic E-state index is -0.594. The fourth-order valence-electron chi connectivity index (χ4n) is 1.69. The van der Waals surface area contributed by atoms with E-state index in [1.165, 1.54) is 12.1 Å². The Morgan fingerprint density at radius 1 is 1.22 bits per heavy atom. The zero-order chi connectivity index (χ0) is 13.0. The third kappa shape index (κ3) is 3.28. The quantitative estimate of drug-likeness (QED) is 0.871. The first-order chi connectivity index (χ1) is 8.65. The summed E-state index contributed by atoms with van der Waals surface area (Å²) in [5.74, 6) is -0.915. The van der Waals surface area contributed by atoms with Gasteiger partial charge in [-0.05, 0) is 36.8 Å². The lowest BCUT2D eigenvalue weighted by Gasteiger charge is -2.06. The van der Waals surface area contributed by atoms with Crippen molar-refractivity contribution in [3.05, 3.63) is 59.2 Å². The Morgan fingerprint density at radius 2 is 2.06 bits per heavy atom. The molecule has 0 saturated carbocycles. The van der Waals surface area contributed by atoms with Crippen LogP contribution in [0.5, 0.6) is 5.75 Å². The number of nitrogens with one attached hydrogen (secondary N) is 1. The van der Waals surface area contributed by atoms with Crippen LogP contribution >= 0.6 is 0 Å². The molecule has 0 amide bonds. The smallest absolute Gasteiger partial charge is 0.165 e. The number of hydrogen-bond acceptors (Lipinski definition) is 3. The predicted molar refractivity (Wildman–Crippen MR) is 67.6 cm³/mol. The first kappa shape index (κ1) is 12.5. The summed E-state index contributed by atoms with van der Waals surface area (Å²) < 4.78 is 13.1. The van der Waals surface area contributed by atoms with E-state index in [2.05, 4.69) is 10.3 Å². The normalized spacial score (nSPS) is 10.6. The largest absolute Gasteiger partial charge is 0.505 e. The van der Waals surface area contributed by atoms with Crippen LogP contribution in [0.2, 0.25) is 0 Å². The molecule has 18 heavy (non-hydrogen) atoms. The van der Waals surface area contributed by atoms with Gasteiger partial charge in [0.05, 0.1) is 5.69 Å². The number of nitrogens with zero attached hydrogens (tertiary/aromatic N) is 1. The standard InChI is InChI=1S/C14H15FN2O/c1-10-3-2-4-12(17-10)9-16-8-11-5-6-14(18)13(15)7-11/h2-7,16,18H,8-9H2,1H3. The maximum absolute atomic E-state index is 13.1. The SMILES string of the molecule is Cc1cccc(CNCc2ccc(O)c(F)c2)n1. The Bertz CT molecular complexity index is 543. The molecule has 0 unspecified atom stereocenters. The van der Waals surface area contributed by atoms with E-state index in [1.54, 1.807) is 6.07 Å². The molecule has 0 bridgehead atoms. The number of rotatable bonds is 4. The molecule has 0 saturated heterocycles. The summed E-state index contributed by atoms with van der Waals surface area (Å²) in [6.45, 7) is 3.11. The third-order valence-electron chi connectivity index (χ3n) is 2.59. The molecule has 0 aliphatic carbocycles.